The topological polar surface area (TPSA) is 47.6 Å². The van der Waals surface area contributed by atoms with Gasteiger partial charge in [0.25, 0.3) is 5.91 Å². The molecule has 1 amide bonds. The molecule has 0 fully saturated rings. The van der Waals surface area contributed by atoms with Crippen molar-refractivity contribution < 1.29 is 14.3 Å². The van der Waals surface area contributed by atoms with E-state index in [0.717, 1.165) is 41.9 Å². The van der Waals surface area contributed by atoms with Gasteiger partial charge in [0.1, 0.15) is 17.1 Å². The van der Waals surface area contributed by atoms with Gasteiger partial charge in [-0.15, -0.1) is 0 Å². The molecule has 29 heavy (non-hydrogen) atoms. The summed E-state index contributed by atoms with van der Waals surface area (Å²) in [7, 11) is 0. The summed E-state index contributed by atoms with van der Waals surface area (Å²) in [6.07, 6.45) is 4.89. The van der Waals surface area contributed by atoms with Crippen molar-refractivity contribution in [2.45, 2.75) is 77.5 Å². The Kier molecular flexibility index (Phi) is 5.28. The fourth-order valence-corrected chi connectivity index (χ4v) is 4.42. The lowest BCUT2D eigenvalue weighted by Crippen LogP contribution is -2.44. The van der Waals surface area contributed by atoms with Crippen LogP contribution in [0.5, 0.6) is 11.5 Å². The van der Waals surface area contributed by atoms with Crippen LogP contribution in [0.3, 0.4) is 0 Å². The SMILES string of the molecule is Cc1ccc2c(c1)OC(C)(C)C[C@@H]2NC(=O)[C@@H](C)Oc1ccc2c(c1)CCCC2. The van der Waals surface area contributed by atoms with E-state index in [4.69, 9.17) is 9.47 Å². The highest BCUT2D eigenvalue weighted by molar-refractivity contribution is 5.81. The number of amides is 1. The fraction of sp³-hybridized carbons (Fsp3) is 0.480. The molecule has 1 aliphatic carbocycles. The Morgan fingerprint density at radius 2 is 1.90 bits per heavy atom. The van der Waals surface area contributed by atoms with Crippen LogP contribution in [0.1, 0.15) is 68.3 Å². The summed E-state index contributed by atoms with van der Waals surface area (Å²) in [6.45, 7) is 7.98. The zero-order chi connectivity index (χ0) is 20.6. The van der Waals surface area contributed by atoms with Crippen LogP contribution < -0.4 is 14.8 Å². The minimum atomic E-state index is -0.559. The molecule has 154 valence electrons. The number of rotatable bonds is 4. The van der Waals surface area contributed by atoms with E-state index in [0.29, 0.717) is 0 Å². The molecule has 0 saturated carbocycles. The molecule has 0 saturated heterocycles. The van der Waals surface area contributed by atoms with Gasteiger partial charge in [-0.1, -0.05) is 18.2 Å². The quantitative estimate of drug-likeness (QED) is 0.790. The van der Waals surface area contributed by atoms with Crippen LogP contribution in [0.15, 0.2) is 36.4 Å². The molecule has 1 N–H and O–H groups in total. The minimum Gasteiger partial charge on any atom is -0.487 e. The monoisotopic (exact) mass is 393 g/mol. The number of nitrogens with one attached hydrogen (secondary N) is 1. The first kappa shape index (κ1) is 19.8. The summed E-state index contributed by atoms with van der Waals surface area (Å²) in [4.78, 5) is 12.9. The van der Waals surface area contributed by atoms with E-state index in [1.165, 1.54) is 24.0 Å². The number of ether oxygens (including phenoxy) is 2. The van der Waals surface area contributed by atoms with Gasteiger partial charge in [0, 0.05) is 12.0 Å². The second kappa shape index (κ2) is 7.74. The average molecular weight is 394 g/mol. The van der Waals surface area contributed by atoms with Crippen molar-refractivity contribution in [3.63, 3.8) is 0 Å². The van der Waals surface area contributed by atoms with Crippen LogP contribution in [0.4, 0.5) is 0 Å². The molecule has 4 rings (SSSR count). The summed E-state index contributed by atoms with van der Waals surface area (Å²) < 4.78 is 12.1. The van der Waals surface area contributed by atoms with Gasteiger partial charge in [0.05, 0.1) is 6.04 Å². The largest absolute Gasteiger partial charge is 0.487 e. The Morgan fingerprint density at radius 1 is 1.14 bits per heavy atom. The maximum Gasteiger partial charge on any atom is 0.261 e. The van der Waals surface area contributed by atoms with E-state index < -0.39 is 6.10 Å². The first-order valence-electron chi connectivity index (χ1n) is 10.7. The lowest BCUT2D eigenvalue weighted by Gasteiger charge is -2.38. The third kappa shape index (κ3) is 4.42. The zero-order valence-electron chi connectivity index (χ0n) is 17.9. The van der Waals surface area contributed by atoms with E-state index in [1.807, 2.05) is 26.0 Å². The van der Waals surface area contributed by atoms with Crippen molar-refractivity contribution in [3.05, 3.63) is 58.7 Å². The van der Waals surface area contributed by atoms with Gasteiger partial charge in [0.15, 0.2) is 6.10 Å². The zero-order valence-corrected chi connectivity index (χ0v) is 17.9. The molecule has 0 unspecified atom stereocenters. The van der Waals surface area contributed by atoms with Crippen molar-refractivity contribution in [2.24, 2.45) is 0 Å². The molecular formula is C25H31NO3. The molecule has 1 heterocycles. The van der Waals surface area contributed by atoms with Gasteiger partial charge in [-0.2, -0.15) is 0 Å². The van der Waals surface area contributed by atoms with Gasteiger partial charge >= 0.3 is 0 Å². The molecule has 2 atom stereocenters. The normalized spacial score (nSPS) is 20.6. The maximum atomic E-state index is 12.9. The van der Waals surface area contributed by atoms with Crippen LogP contribution in [-0.2, 0) is 17.6 Å². The Bertz CT molecular complexity index is 918. The summed E-state index contributed by atoms with van der Waals surface area (Å²) in [5, 5.41) is 3.19. The first-order chi connectivity index (χ1) is 13.8. The van der Waals surface area contributed by atoms with Crippen molar-refractivity contribution in [1.82, 2.24) is 5.32 Å². The number of carbonyl (C=O) groups excluding carboxylic acids is 1. The van der Waals surface area contributed by atoms with E-state index in [9.17, 15) is 4.79 Å². The summed E-state index contributed by atoms with van der Waals surface area (Å²) >= 11 is 0. The van der Waals surface area contributed by atoms with E-state index >= 15 is 0 Å². The highest BCUT2D eigenvalue weighted by Crippen LogP contribution is 2.40. The average Bonchev–Trinajstić information content (AvgIpc) is 2.66. The van der Waals surface area contributed by atoms with Gasteiger partial charge < -0.3 is 14.8 Å². The Hall–Kier alpha value is -2.49. The number of aryl methyl sites for hydroxylation is 3. The minimum absolute atomic E-state index is 0.0866. The molecule has 0 aromatic heterocycles. The molecule has 4 nitrogen and oxygen atoms in total. The molecule has 2 aliphatic rings. The number of benzene rings is 2. The molecular weight excluding hydrogens is 362 g/mol. The van der Waals surface area contributed by atoms with Crippen molar-refractivity contribution in [2.75, 3.05) is 0 Å². The number of carbonyl (C=O) groups is 1. The van der Waals surface area contributed by atoms with Crippen LogP contribution in [0, 0.1) is 6.92 Å². The Labute approximate surface area is 173 Å². The predicted octanol–water partition coefficient (Wildman–Crippen LogP) is 5.06. The van der Waals surface area contributed by atoms with Crippen LogP contribution in [-0.4, -0.2) is 17.6 Å². The molecule has 0 radical (unpaired) electrons. The molecule has 1 aliphatic heterocycles. The second-order valence-electron chi connectivity index (χ2n) is 9.07. The second-order valence-corrected chi connectivity index (χ2v) is 9.07. The Morgan fingerprint density at radius 3 is 2.69 bits per heavy atom. The number of fused-ring (bicyclic) bond motifs is 2. The van der Waals surface area contributed by atoms with Crippen molar-refractivity contribution in [3.8, 4) is 11.5 Å². The summed E-state index contributed by atoms with van der Waals surface area (Å²) in [5.74, 6) is 1.53. The lowest BCUT2D eigenvalue weighted by molar-refractivity contribution is -0.128. The van der Waals surface area contributed by atoms with Crippen molar-refractivity contribution >= 4 is 5.91 Å². The molecule has 2 aromatic carbocycles. The first-order valence-corrected chi connectivity index (χ1v) is 10.7. The number of hydrogen-bond acceptors (Lipinski definition) is 3. The predicted molar refractivity (Wildman–Crippen MR) is 115 cm³/mol. The smallest absolute Gasteiger partial charge is 0.261 e. The van der Waals surface area contributed by atoms with E-state index in [2.05, 4.69) is 43.4 Å². The van der Waals surface area contributed by atoms with E-state index in [1.54, 1.807) is 0 Å². The van der Waals surface area contributed by atoms with Gasteiger partial charge in [-0.3, -0.25) is 4.79 Å². The van der Waals surface area contributed by atoms with Gasteiger partial charge in [-0.05, 0) is 88.3 Å². The highest BCUT2D eigenvalue weighted by atomic mass is 16.5. The van der Waals surface area contributed by atoms with Crippen LogP contribution in [0.2, 0.25) is 0 Å². The molecule has 4 heteroatoms. The standard InChI is InChI=1S/C25H31NO3/c1-16-9-12-21-22(15-25(3,4)29-23(21)13-16)26-24(27)17(2)28-20-11-10-18-7-5-6-8-19(18)14-20/h9-14,17,22H,5-8,15H2,1-4H3,(H,26,27)/t17-,22+/m1/s1. The summed E-state index contributed by atoms with van der Waals surface area (Å²) in [6, 6.07) is 12.3. The fourth-order valence-electron chi connectivity index (χ4n) is 4.42. The highest BCUT2D eigenvalue weighted by Gasteiger charge is 2.35. The third-order valence-electron chi connectivity index (χ3n) is 5.94. The van der Waals surface area contributed by atoms with E-state index in [-0.39, 0.29) is 17.6 Å². The number of hydrogen-bond donors (Lipinski definition) is 1. The van der Waals surface area contributed by atoms with Gasteiger partial charge in [-0.25, -0.2) is 0 Å². The van der Waals surface area contributed by atoms with Gasteiger partial charge in [0.2, 0.25) is 0 Å². The van der Waals surface area contributed by atoms with Crippen molar-refractivity contribution in [1.29, 1.82) is 0 Å². The van der Waals surface area contributed by atoms with Crippen LogP contribution in [0.25, 0.3) is 0 Å². The lowest BCUT2D eigenvalue weighted by atomic mass is 9.89. The Balaban J connectivity index is 1.46. The third-order valence-corrected chi connectivity index (χ3v) is 5.94. The molecule has 0 bridgehead atoms. The van der Waals surface area contributed by atoms with Crippen LogP contribution >= 0.6 is 0 Å². The maximum absolute atomic E-state index is 12.9. The molecule has 0 spiro atoms. The summed E-state index contributed by atoms with van der Waals surface area (Å²) in [5.41, 5.74) is 4.62. The molecule has 2 aromatic rings.